The first-order chi connectivity index (χ1) is 5.29. The lowest BCUT2D eigenvalue weighted by Crippen LogP contribution is -1.92. The van der Waals surface area contributed by atoms with Crippen molar-refractivity contribution in [2.75, 3.05) is 0 Å². The highest BCUT2D eigenvalue weighted by Crippen LogP contribution is 2.24. The minimum Gasteiger partial charge on any atom is -0.516 e. The molecule has 2 nitrogen and oxygen atoms in total. The lowest BCUT2D eigenvalue weighted by Gasteiger charge is -1.91. The van der Waals surface area contributed by atoms with Crippen molar-refractivity contribution in [1.82, 2.24) is 0 Å². The van der Waals surface area contributed by atoms with Crippen molar-refractivity contribution in [2.45, 2.75) is 12.8 Å². The van der Waals surface area contributed by atoms with Crippen molar-refractivity contribution in [3.8, 4) is 0 Å². The standard InChI is InChI=1S/C9H10O2/c1-2-7-3-4-9(11)8(7)5-6-10/h2,5-6,10H,1,3-4H2/b6-5+. The first kappa shape index (κ1) is 7.79. The molecule has 0 amide bonds. The van der Waals surface area contributed by atoms with Gasteiger partial charge in [0.2, 0.25) is 0 Å². The van der Waals surface area contributed by atoms with Crippen LogP contribution in [0.3, 0.4) is 0 Å². The average molecular weight is 150 g/mol. The van der Waals surface area contributed by atoms with E-state index in [1.807, 2.05) is 0 Å². The number of allylic oxidation sites excluding steroid dienone is 4. The summed E-state index contributed by atoms with van der Waals surface area (Å²) in [7, 11) is 0. The lowest BCUT2D eigenvalue weighted by molar-refractivity contribution is -0.114. The second kappa shape index (κ2) is 3.19. The molecule has 0 heterocycles. The third-order valence-corrected chi connectivity index (χ3v) is 1.76. The number of carbonyl (C=O) groups excluding carboxylic acids is 1. The van der Waals surface area contributed by atoms with Crippen LogP contribution >= 0.6 is 0 Å². The van der Waals surface area contributed by atoms with Crippen LogP contribution in [0.25, 0.3) is 0 Å². The van der Waals surface area contributed by atoms with E-state index < -0.39 is 0 Å². The van der Waals surface area contributed by atoms with Crippen molar-refractivity contribution in [1.29, 1.82) is 0 Å². The summed E-state index contributed by atoms with van der Waals surface area (Å²) in [5.74, 6) is 0.0881. The van der Waals surface area contributed by atoms with Crippen LogP contribution in [0.4, 0.5) is 0 Å². The summed E-state index contributed by atoms with van der Waals surface area (Å²) >= 11 is 0. The summed E-state index contributed by atoms with van der Waals surface area (Å²) in [6.07, 6.45) is 5.28. The van der Waals surface area contributed by atoms with E-state index in [1.165, 1.54) is 6.08 Å². The van der Waals surface area contributed by atoms with Gasteiger partial charge in [-0.15, -0.1) is 0 Å². The molecule has 0 aromatic rings. The molecule has 0 unspecified atom stereocenters. The van der Waals surface area contributed by atoms with E-state index in [0.717, 1.165) is 18.3 Å². The first-order valence-electron chi connectivity index (χ1n) is 3.49. The van der Waals surface area contributed by atoms with Crippen molar-refractivity contribution >= 4 is 5.78 Å². The maximum Gasteiger partial charge on any atom is 0.163 e. The van der Waals surface area contributed by atoms with E-state index in [4.69, 9.17) is 5.11 Å². The van der Waals surface area contributed by atoms with Gasteiger partial charge in [0.05, 0.1) is 6.26 Å². The molecule has 0 saturated carbocycles. The van der Waals surface area contributed by atoms with Crippen molar-refractivity contribution < 1.29 is 9.90 Å². The smallest absolute Gasteiger partial charge is 0.163 e. The summed E-state index contributed by atoms with van der Waals surface area (Å²) in [5.41, 5.74) is 1.53. The van der Waals surface area contributed by atoms with Crippen molar-refractivity contribution in [2.24, 2.45) is 0 Å². The molecule has 2 heteroatoms. The second-order valence-electron chi connectivity index (χ2n) is 2.38. The van der Waals surface area contributed by atoms with Crippen molar-refractivity contribution in [3.63, 3.8) is 0 Å². The zero-order chi connectivity index (χ0) is 8.27. The molecule has 11 heavy (non-hydrogen) atoms. The lowest BCUT2D eigenvalue weighted by atomic mass is 10.1. The maximum absolute atomic E-state index is 11.1. The van der Waals surface area contributed by atoms with Gasteiger partial charge in [-0.2, -0.15) is 0 Å². The zero-order valence-corrected chi connectivity index (χ0v) is 6.21. The second-order valence-corrected chi connectivity index (χ2v) is 2.38. The van der Waals surface area contributed by atoms with E-state index >= 15 is 0 Å². The van der Waals surface area contributed by atoms with Crippen LogP contribution < -0.4 is 0 Å². The Morgan fingerprint density at radius 1 is 1.45 bits per heavy atom. The van der Waals surface area contributed by atoms with Gasteiger partial charge >= 0.3 is 0 Å². The Hall–Kier alpha value is -1.31. The number of hydrogen-bond donors (Lipinski definition) is 1. The van der Waals surface area contributed by atoms with Crippen LogP contribution in [0.2, 0.25) is 0 Å². The Balaban J connectivity index is 2.98. The van der Waals surface area contributed by atoms with Gasteiger partial charge in [-0.25, -0.2) is 0 Å². The number of Topliss-reactive ketones (excluding diaryl/α,β-unsaturated/α-hetero) is 1. The Morgan fingerprint density at radius 2 is 2.18 bits per heavy atom. The largest absolute Gasteiger partial charge is 0.516 e. The monoisotopic (exact) mass is 150 g/mol. The van der Waals surface area contributed by atoms with Gasteiger partial charge in [-0.05, 0) is 18.1 Å². The number of hydrogen-bond acceptors (Lipinski definition) is 2. The molecular formula is C9H10O2. The fraction of sp³-hybridized carbons (Fsp3) is 0.222. The van der Waals surface area contributed by atoms with E-state index in [1.54, 1.807) is 6.08 Å². The highest BCUT2D eigenvalue weighted by atomic mass is 16.2. The maximum atomic E-state index is 11.1. The number of ketones is 1. The van der Waals surface area contributed by atoms with Gasteiger partial charge < -0.3 is 5.11 Å². The fourth-order valence-electron chi connectivity index (χ4n) is 1.18. The van der Waals surface area contributed by atoms with Gasteiger partial charge in [-0.1, -0.05) is 12.7 Å². The highest BCUT2D eigenvalue weighted by Gasteiger charge is 2.18. The normalized spacial score (nSPS) is 18.4. The minimum atomic E-state index is 0.0881. The van der Waals surface area contributed by atoms with Gasteiger partial charge in [-0.3, -0.25) is 4.79 Å². The highest BCUT2D eigenvalue weighted by molar-refractivity contribution is 6.01. The summed E-state index contributed by atoms with van der Waals surface area (Å²) in [4.78, 5) is 11.1. The topological polar surface area (TPSA) is 37.3 Å². The molecule has 0 fully saturated rings. The predicted octanol–water partition coefficient (Wildman–Crippen LogP) is 1.90. The summed E-state index contributed by atoms with van der Waals surface area (Å²) < 4.78 is 0. The van der Waals surface area contributed by atoms with Gasteiger partial charge in [0.15, 0.2) is 5.78 Å². The molecule has 0 aliphatic heterocycles. The summed E-state index contributed by atoms with van der Waals surface area (Å²) in [6, 6.07) is 0. The third kappa shape index (κ3) is 1.40. The predicted molar refractivity (Wildman–Crippen MR) is 43.2 cm³/mol. The number of carbonyl (C=O) groups is 1. The first-order valence-corrected chi connectivity index (χ1v) is 3.49. The SMILES string of the molecule is C=CC1=C(/C=C/O)C(=O)CC1. The Labute approximate surface area is 65.5 Å². The molecule has 0 aromatic heterocycles. The number of aliphatic hydroxyl groups is 1. The van der Waals surface area contributed by atoms with Crippen molar-refractivity contribution in [3.05, 3.63) is 36.1 Å². The molecule has 1 N–H and O–H groups in total. The van der Waals surface area contributed by atoms with Crippen LogP contribution in [-0.4, -0.2) is 10.9 Å². The fourth-order valence-corrected chi connectivity index (χ4v) is 1.18. The van der Waals surface area contributed by atoms with Gasteiger partial charge in [0.1, 0.15) is 0 Å². The molecule has 0 atom stereocenters. The summed E-state index contributed by atoms with van der Waals surface area (Å²) in [6.45, 7) is 3.58. The van der Waals surface area contributed by atoms with Crippen LogP contribution in [0.1, 0.15) is 12.8 Å². The van der Waals surface area contributed by atoms with Crippen LogP contribution in [0, 0.1) is 0 Å². The minimum absolute atomic E-state index is 0.0881. The van der Waals surface area contributed by atoms with Gasteiger partial charge in [0, 0.05) is 12.0 Å². The molecule has 0 aromatic carbocycles. The molecule has 1 aliphatic carbocycles. The van der Waals surface area contributed by atoms with E-state index in [2.05, 4.69) is 6.58 Å². The molecule has 0 saturated heterocycles. The number of aliphatic hydroxyl groups excluding tert-OH is 1. The Kier molecular flexibility index (Phi) is 2.26. The molecule has 58 valence electrons. The average Bonchev–Trinajstić information content (AvgIpc) is 2.34. The molecule has 0 radical (unpaired) electrons. The molecule has 1 aliphatic rings. The Bertz CT molecular complexity index is 246. The quantitative estimate of drug-likeness (QED) is 0.610. The van der Waals surface area contributed by atoms with E-state index in [9.17, 15) is 4.79 Å². The molecule has 0 bridgehead atoms. The van der Waals surface area contributed by atoms with Gasteiger partial charge in [0.25, 0.3) is 0 Å². The van der Waals surface area contributed by atoms with E-state index in [-0.39, 0.29) is 5.78 Å². The number of rotatable bonds is 2. The zero-order valence-electron chi connectivity index (χ0n) is 6.21. The Morgan fingerprint density at radius 3 is 2.73 bits per heavy atom. The van der Waals surface area contributed by atoms with Crippen LogP contribution in [-0.2, 0) is 4.79 Å². The van der Waals surface area contributed by atoms with Crippen LogP contribution in [0.5, 0.6) is 0 Å². The molecule has 1 rings (SSSR count). The molecular weight excluding hydrogens is 140 g/mol. The molecule has 0 spiro atoms. The third-order valence-electron chi connectivity index (χ3n) is 1.76. The van der Waals surface area contributed by atoms with Crippen LogP contribution in [0.15, 0.2) is 36.1 Å². The summed E-state index contributed by atoms with van der Waals surface area (Å²) in [5, 5.41) is 8.46. The van der Waals surface area contributed by atoms with E-state index in [0.29, 0.717) is 12.0 Å².